The van der Waals surface area contributed by atoms with E-state index >= 15 is 0 Å². The number of rotatable bonds is 4. The summed E-state index contributed by atoms with van der Waals surface area (Å²) in [5, 5.41) is 2.86. The highest BCUT2D eigenvalue weighted by Crippen LogP contribution is 2.32. The van der Waals surface area contributed by atoms with Gasteiger partial charge in [0.05, 0.1) is 6.54 Å². The van der Waals surface area contributed by atoms with Crippen LogP contribution >= 0.6 is 0 Å². The Hall–Kier alpha value is -3.41. The third-order valence-electron chi connectivity index (χ3n) is 4.83. The van der Waals surface area contributed by atoms with E-state index < -0.39 is 0 Å². The van der Waals surface area contributed by atoms with Gasteiger partial charge >= 0.3 is 0 Å². The van der Waals surface area contributed by atoms with Gasteiger partial charge in [-0.25, -0.2) is 4.39 Å². The lowest BCUT2D eigenvalue weighted by Gasteiger charge is -2.18. The number of hydrogen-bond acceptors (Lipinski definition) is 3. The number of amides is 2. The van der Waals surface area contributed by atoms with Gasteiger partial charge < -0.3 is 14.6 Å². The lowest BCUT2D eigenvalue weighted by molar-refractivity contribution is 0.0945. The Morgan fingerprint density at radius 1 is 1.11 bits per heavy atom. The Kier molecular flexibility index (Phi) is 4.69. The molecule has 0 atom stereocenters. The number of aryl methyl sites for hydroxylation is 1. The summed E-state index contributed by atoms with van der Waals surface area (Å²) in [7, 11) is 0. The molecule has 4 rings (SSSR count). The number of halogens is 1. The zero-order valence-electron chi connectivity index (χ0n) is 15.4. The number of furan rings is 1. The number of nitrogens with one attached hydrogen (secondary N) is 1. The third-order valence-corrected chi connectivity index (χ3v) is 4.83. The SMILES string of the molecule is Cc1ccc(CNC(=O)c2cccc3c2CCN3C(=O)c2ccc(F)cc2)o1. The van der Waals surface area contributed by atoms with Gasteiger partial charge in [0.1, 0.15) is 17.3 Å². The molecular formula is C22H19FN2O3. The average Bonchev–Trinajstić information content (AvgIpc) is 3.32. The van der Waals surface area contributed by atoms with Crippen molar-refractivity contribution in [3.8, 4) is 0 Å². The zero-order chi connectivity index (χ0) is 19.7. The van der Waals surface area contributed by atoms with E-state index in [2.05, 4.69) is 5.32 Å². The Balaban J connectivity index is 1.54. The Bertz CT molecular complexity index is 1040. The minimum atomic E-state index is -0.385. The maximum absolute atomic E-state index is 13.1. The fourth-order valence-electron chi connectivity index (χ4n) is 3.45. The third kappa shape index (κ3) is 3.41. The van der Waals surface area contributed by atoms with Crippen LogP contribution in [0.25, 0.3) is 0 Å². The highest BCUT2D eigenvalue weighted by molar-refractivity contribution is 6.08. The van der Waals surface area contributed by atoms with Crippen LogP contribution in [0.5, 0.6) is 0 Å². The van der Waals surface area contributed by atoms with Crippen LogP contribution < -0.4 is 10.2 Å². The van der Waals surface area contributed by atoms with Crippen molar-refractivity contribution in [1.29, 1.82) is 0 Å². The molecule has 0 spiro atoms. The molecule has 2 heterocycles. The van der Waals surface area contributed by atoms with E-state index in [1.807, 2.05) is 25.1 Å². The molecule has 0 saturated carbocycles. The smallest absolute Gasteiger partial charge is 0.258 e. The van der Waals surface area contributed by atoms with Crippen molar-refractivity contribution >= 4 is 17.5 Å². The van der Waals surface area contributed by atoms with Gasteiger partial charge in [-0.15, -0.1) is 0 Å². The number of anilines is 1. The van der Waals surface area contributed by atoms with Crippen molar-refractivity contribution in [1.82, 2.24) is 5.32 Å². The van der Waals surface area contributed by atoms with E-state index in [0.29, 0.717) is 36.4 Å². The second-order valence-electron chi connectivity index (χ2n) is 6.71. The van der Waals surface area contributed by atoms with Crippen molar-refractivity contribution in [3.05, 3.63) is 88.6 Å². The minimum Gasteiger partial charge on any atom is -0.465 e. The number of fused-ring (bicyclic) bond motifs is 1. The van der Waals surface area contributed by atoms with Crippen LogP contribution in [0.3, 0.4) is 0 Å². The van der Waals surface area contributed by atoms with Gasteiger partial charge in [-0.2, -0.15) is 0 Å². The highest BCUT2D eigenvalue weighted by Gasteiger charge is 2.28. The van der Waals surface area contributed by atoms with Gasteiger partial charge in [0.25, 0.3) is 11.8 Å². The van der Waals surface area contributed by atoms with Crippen LogP contribution in [0.2, 0.25) is 0 Å². The molecule has 142 valence electrons. The molecule has 5 nitrogen and oxygen atoms in total. The van der Waals surface area contributed by atoms with E-state index in [1.54, 1.807) is 17.0 Å². The van der Waals surface area contributed by atoms with E-state index in [1.165, 1.54) is 24.3 Å². The quantitative estimate of drug-likeness (QED) is 0.750. The second kappa shape index (κ2) is 7.31. The summed E-state index contributed by atoms with van der Waals surface area (Å²) in [6.07, 6.45) is 0.589. The van der Waals surface area contributed by atoms with Gasteiger partial charge in [-0.1, -0.05) is 6.07 Å². The van der Waals surface area contributed by atoms with Crippen LogP contribution in [0.15, 0.2) is 59.0 Å². The molecule has 0 unspecified atom stereocenters. The molecule has 0 fully saturated rings. The molecule has 1 N–H and O–H groups in total. The summed E-state index contributed by atoms with van der Waals surface area (Å²) in [5.41, 5.74) is 2.52. The van der Waals surface area contributed by atoms with Crippen molar-refractivity contribution in [3.63, 3.8) is 0 Å². The van der Waals surface area contributed by atoms with Gasteiger partial charge in [0.15, 0.2) is 0 Å². The Labute approximate surface area is 161 Å². The average molecular weight is 378 g/mol. The van der Waals surface area contributed by atoms with Crippen molar-refractivity contribution < 1.29 is 18.4 Å². The predicted molar refractivity (Wildman–Crippen MR) is 103 cm³/mol. The molecule has 2 amide bonds. The maximum Gasteiger partial charge on any atom is 0.258 e. The lowest BCUT2D eigenvalue weighted by Crippen LogP contribution is -2.28. The highest BCUT2D eigenvalue weighted by atomic mass is 19.1. The molecule has 0 radical (unpaired) electrons. The van der Waals surface area contributed by atoms with Crippen LogP contribution in [-0.4, -0.2) is 18.4 Å². The summed E-state index contributed by atoms with van der Waals surface area (Å²) in [6.45, 7) is 2.63. The molecule has 0 aliphatic carbocycles. The normalized spacial score (nSPS) is 12.7. The number of benzene rings is 2. The molecule has 28 heavy (non-hydrogen) atoms. The number of carbonyl (C=O) groups excluding carboxylic acids is 2. The first-order chi connectivity index (χ1) is 13.5. The largest absolute Gasteiger partial charge is 0.465 e. The Morgan fingerprint density at radius 3 is 2.61 bits per heavy atom. The summed E-state index contributed by atoms with van der Waals surface area (Å²) >= 11 is 0. The fraction of sp³-hybridized carbons (Fsp3) is 0.182. The first-order valence-corrected chi connectivity index (χ1v) is 9.06. The molecule has 2 aromatic carbocycles. The topological polar surface area (TPSA) is 62.6 Å². The van der Waals surface area contributed by atoms with Crippen LogP contribution in [0.1, 0.15) is 37.8 Å². The summed E-state index contributed by atoms with van der Waals surface area (Å²) < 4.78 is 18.6. The monoisotopic (exact) mass is 378 g/mol. The van der Waals surface area contributed by atoms with Crippen LogP contribution in [0, 0.1) is 12.7 Å². The number of carbonyl (C=O) groups is 2. The zero-order valence-corrected chi connectivity index (χ0v) is 15.4. The lowest BCUT2D eigenvalue weighted by atomic mass is 10.0. The maximum atomic E-state index is 13.1. The van der Waals surface area contributed by atoms with Gasteiger partial charge in [-0.05, 0) is 67.4 Å². The first kappa shape index (κ1) is 18.0. The van der Waals surface area contributed by atoms with Gasteiger partial charge in [0.2, 0.25) is 0 Å². The molecule has 1 aromatic heterocycles. The Morgan fingerprint density at radius 2 is 1.89 bits per heavy atom. The minimum absolute atomic E-state index is 0.206. The standard InChI is InChI=1S/C22H19FN2O3/c1-14-5-10-17(28-14)13-24-21(26)19-3-2-4-20-18(19)11-12-25(20)22(27)15-6-8-16(23)9-7-15/h2-10H,11-13H2,1H3,(H,24,26). The van der Waals surface area contributed by atoms with E-state index in [4.69, 9.17) is 4.42 Å². The van der Waals surface area contributed by atoms with Crippen molar-refractivity contribution in [2.75, 3.05) is 11.4 Å². The first-order valence-electron chi connectivity index (χ1n) is 9.06. The predicted octanol–water partition coefficient (Wildman–Crippen LogP) is 3.86. The molecule has 0 bridgehead atoms. The van der Waals surface area contributed by atoms with Crippen molar-refractivity contribution in [2.24, 2.45) is 0 Å². The number of hydrogen-bond donors (Lipinski definition) is 1. The molecule has 6 heteroatoms. The van der Waals surface area contributed by atoms with Gasteiger partial charge in [0, 0.05) is 23.4 Å². The van der Waals surface area contributed by atoms with E-state index in [9.17, 15) is 14.0 Å². The van der Waals surface area contributed by atoms with E-state index in [-0.39, 0.29) is 17.6 Å². The molecule has 0 saturated heterocycles. The van der Waals surface area contributed by atoms with Crippen molar-refractivity contribution in [2.45, 2.75) is 19.9 Å². The molecule has 3 aromatic rings. The van der Waals surface area contributed by atoms with Gasteiger partial charge in [-0.3, -0.25) is 9.59 Å². The van der Waals surface area contributed by atoms with E-state index in [0.717, 1.165) is 17.0 Å². The summed E-state index contributed by atoms with van der Waals surface area (Å²) in [4.78, 5) is 27.1. The fourth-order valence-corrected chi connectivity index (χ4v) is 3.45. The number of nitrogens with zero attached hydrogens (tertiary/aromatic N) is 1. The molecular weight excluding hydrogens is 359 g/mol. The summed E-state index contributed by atoms with van der Waals surface area (Å²) in [5.74, 6) is 0.680. The molecule has 1 aliphatic heterocycles. The van der Waals surface area contributed by atoms with Crippen LogP contribution in [-0.2, 0) is 13.0 Å². The second-order valence-corrected chi connectivity index (χ2v) is 6.71. The van der Waals surface area contributed by atoms with Crippen LogP contribution in [0.4, 0.5) is 10.1 Å². The molecule has 1 aliphatic rings. The summed E-state index contributed by atoms with van der Waals surface area (Å²) in [6, 6.07) is 14.5.